The lowest BCUT2D eigenvalue weighted by atomic mass is 10.2. The van der Waals surface area contributed by atoms with Gasteiger partial charge >= 0.3 is 12.1 Å². The highest BCUT2D eigenvalue weighted by Crippen LogP contribution is 2.39. The Balaban J connectivity index is 2.01. The molecule has 158 valence electrons. The van der Waals surface area contributed by atoms with E-state index in [-0.39, 0.29) is 22.2 Å². The summed E-state index contributed by atoms with van der Waals surface area (Å²) in [6, 6.07) is 6.56. The first-order valence-corrected chi connectivity index (χ1v) is 9.38. The third-order valence-electron chi connectivity index (χ3n) is 4.02. The van der Waals surface area contributed by atoms with Crippen molar-refractivity contribution < 1.29 is 27.4 Å². The smallest absolute Gasteiger partial charge is 0.419 e. The van der Waals surface area contributed by atoms with Crippen molar-refractivity contribution in [2.45, 2.75) is 13.1 Å². The number of anilines is 4. The number of alkyl halides is 3. The molecule has 7 nitrogen and oxygen atoms in total. The zero-order valence-electron chi connectivity index (χ0n) is 16.1. The molecule has 2 heterocycles. The van der Waals surface area contributed by atoms with Gasteiger partial charge in [0.2, 0.25) is 0 Å². The fourth-order valence-electron chi connectivity index (χ4n) is 2.61. The molecule has 0 unspecified atom stereocenters. The number of thiazole rings is 1. The van der Waals surface area contributed by atoms with Crippen molar-refractivity contribution in [1.82, 2.24) is 9.97 Å². The second-order valence-electron chi connectivity index (χ2n) is 6.09. The summed E-state index contributed by atoms with van der Waals surface area (Å²) < 4.78 is 50.4. The van der Waals surface area contributed by atoms with E-state index in [1.807, 2.05) is 13.0 Å². The van der Waals surface area contributed by atoms with E-state index in [4.69, 9.17) is 4.74 Å². The van der Waals surface area contributed by atoms with Gasteiger partial charge in [-0.15, -0.1) is 11.3 Å². The number of hydrogen-bond donors (Lipinski definition) is 2. The maximum atomic E-state index is 13.5. The van der Waals surface area contributed by atoms with Crippen molar-refractivity contribution in [3.05, 3.63) is 52.8 Å². The minimum Gasteiger partial charge on any atom is -0.495 e. The molecule has 2 aromatic heterocycles. The van der Waals surface area contributed by atoms with Gasteiger partial charge in [0.1, 0.15) is 16.6 Å². The van der Waals surface area contributed by atoms with Crippen LogP contribution in [0.25, 0.3) is 0 Å². The van der Waals surface area contributed by atoms with E-state index in [0.29, 0.717) is 17.6 Å². The van der Waals surface area contributed by atoms with Crippen LogP contribution >= 0.6 is 11.3 Å². The third kappa shape index (κ3) is 4.62. The zero-order valence-corrected chi connectivity index (χ0v) is 16.9. The van der Waals surface area contributed by atoms with E-state index in [0.717, 1.165) is 24.0 Å². The van der Waals surface area contributed by atoms with E-state index < -0.39 is 17.7 Å². The van der Waals surface area contributed by atoms with Crippen LogP contribution in [-0.2, 0) is 10.9 Å². The number of esters is 1. The Morgan fingerprint density at radius 3 is 2.53 bits per heavy atom. The molecule has 0 saturated heterocycles. The fourth-order valence-corrected chi connectivity index (χ4v) is 3.29. The zero-order chi connectivity index (χ0) is 21.9. The standard InChI is InChI=1S/C19H17F3N4O3S/c1-10-4-5-14(28-2)13(6-10)25-15-7-12(11(8-23-15)19(20,21)22)26-17-16(18(27)29-3)24-9-30-17/h4-9H,1-3H3,(H2,23,25,26). The minimum absolute atomic E-state index is 0.109. The first kappa shape index (κ1) is 21.4. The Morgan fingerprint density at radius 2 is 1.87 bits per heavy atom. The number of aromatic nitrogens is 2. The van der Waals surface area contributed by atoms with Gasteiger partial charge in [-0.25, -0.2) is 14.8 Å². The van der Waals surface area contributed by atoms with E-state index in [9.17, 15) is 18.0 Å². The highest BCUT2D eigenvalue weighted by molar-refractivity contribution is 7.14. The molecule has 1 aromatic carbocycles. The molecule has 0 aliphatic heterocycles. The van der Waals surface area contributed by atoms with Crippen LogP contribution in [0.4, 0.5) is 35.4 Å². The second kappa shape index (κ2) is 8.57. The van der Waals surface area contributed by atoms with Gasteiger partial charge < -0.3 is 20.1 Å². The molecular formula is C19H17F3N4O3S. The van der Waals surface area contributed by atoms with Gasteiger partial charge in [-0.2, -0.15) is 13.2 Å². The van der Waals surface area contributed by atoms with E-state index in [2.05, 4.69) is 25.3 Å². The number of methoxy groups -OCH3 is 2. The molecule has 0 fully saturated rings. The predicted molar refractivity (Wildman–Crippen MR) is 107 cm³/mol. The van der Waals surface area contributed by atoms with Gasteiger partial charge in [-0.3, -0.25) is 0 Å². The van der Waals surface area contributed by atoms with Gasteiger partial charge in [-0.1, -0.05) is 6.07 Å². The van der Waals surface area contributed by atoms with Gasteiger partial charge in [0, 0.05) is 12.3 Å². The summed E-state index contributed by atoms with van der Waals surface area (Å²) in [4.78, 5) is 19.5. The Morgan fingerprint density at radius 1 is 1.10 bits per heavy atom. The summed E-state index contributed by atoms with van der Waals surface area (Å²) in [5.41, 5.74) is 1.41. The Kier molecular flexibility index (Phi) is 6.11. The number of pyridine rings is 1. The van der Waals surface area contributed by atoms with Crippen LogP contribution in [0.1, 0.15) is 21.6 Å². The summed E-state index contributed by atoms with van der Waals surface area (Å²) in [6.45, 7) is 1.87. The first-order valence-electron chi connectivity index (χ1n) is 8.50. The van der Waals surface area contributed by atoms with Gasteiger partial charge in [-0.05, 0) is 24.6 Å². The first-order chi connectivity index (χ1) is 14.2. The van der Waals surface area contributed by atoms with Crippen LogP contribution in [0.3, 0.4) is 0 Å². The number of rotatable bonds is 6. The molecule has 0 radical (unpaired) electrons. The molecule has 0 saturated carbocycles. The molecular weight excluding hydrogens is 421 g/mol. The molecule has 0 atom stereocenters. The third-order valence-corrected chi connectivity index (χ3v) is 4.76. The van der Waals surface area contributed by atoms with E-state index >= 15 is 0 Å². The molecule has 3 aromatic rings. The molecule has 0 spiro atoms. The molecule has 30 heavy (non-hydrogen) atoms. The van der Waals surface area contributed by atoms with Crippen LogP contribution in [0.5, 0.6) is 5.75 Å². The molecule has 2 N–H and O–H groups in total. The SMILES string of the molecule is COC(=O)c1ncsc1Nc1cc(Nc2cc(C)ccc2OC)ncc1C(F)(F)F. The lowest BCUT2D eigenvalue weighted by Gasteiger charge is -2.16. The number of nitrogens with one attached hydrogen (secondary N) is 2. The summed E-state index contributed by atoms with van der Waals surface area (Å²) in [7, 11) is 2.65. The number of aryl methyl sites for hydroxylation is 1. The molecule has 3 rings (SSSR count). The van der Waals surface area contributed by atoms with Crippen LogP contribution in [-0.4, -0.2) is 30.2 Å². The average Bonchev–Trinajstić information content (AvgIpc) is 3.15. The summed E-state index contributed by atoms with van der Waals surface area (Å²) in [5, 5.41) is 5.72. The maximum absolute atomic E-state index is 13.5. The molecule has 0 bridgehead atoms. The minimum atomic E-state index is -4.66. The van der Waals surface area contributed by atoms with Gasteiger partial charge in [0.05, 0.1) is 36.7 Å². The second-order valence-corrected chi connectivity index (χ2v) is 6.94. The normalized spacial score (nSPS) is 11.1. The van der Waals surface area contributed by atoms with Crippen molar-refractivity contribution in [1.29, 1.82) is 0 Å². The Labute approximate surface area is 173 Å². The maximum Gasteiger partial charge on any atom is 0.419 e. The van der Waals surface area contributed by atoms with Crippen molar-refractivity contribution in [2.75, 3.05) is 24.9 Å². The lowest BCUT2D eigenvalue weighted by Crippen LogP contribution is -2.11. The monoisotopic (exact) mass is 438 g/mol. The summed E-state index contributed by atoms with van der Waals surface area (Å²) in [6.07, 6.45) is -3.95. The number of nitrogens with zero attached hydrogens (tertiary/aromatic N) is 2. The number of carbonyl (C=O) groups excluding carboxylic acids is 1. The van der Waals surface area contributed by atoms with E-state index in [1.165, 1.54) is 18.7 Å². The van der Waals surface area contributed by atoms with Crippen molar-refractivity contribution in [3.8, 4) is 5.75 Å². The van der Waals surface area contributed by atoms with Crippen LogP contribution in [0, 0.1) is 6.92 Å². The van der Waals surface area contributed by atoms with Crippen LogP contribution in [0.2, 0.25) is 0 Å². The molecule has 11 heteroatoms. The quantitative estimate of drug-likeness (QED) is 0.515. The number of ether oxygens (including phenoxy) is 2. The van der Waals surface area contributed by atoms with Gasteiger partial charge in [0.25, 0.3) is 0 Å². The van der Waals surface area contributed by atoms with Crippen LogP contribution < -0.4 is 15.4 Å². The van der Waals surface area contributed by atoms with E-state index in [1.54, 1.807) is 12.1 Å². The van der Waals surface area contributed by atoms with Crippen molar-refractivity contribution in [3.63, 3.8) is 0 Å². The molecule has 0 amide bonds. The van der Waals surface area contributed by atoms with Crippen molar-refractivity contribution >= 4 is 39.5 Å². The topological polar surface area (TPSA) is 85.4 Å². The summed E-state index contributed by atoms with van der Waals surface area (Å²) in [5.74, 6) is -0.102. The molecule has 0 aliphatic carbocycles. The Hall–Kier alpha value is -3.34. The lowest BCUT2D eigenvalue weighted by molar-refractivity contribution is -0.137. The summed E-state index contributed by atoms with van der Waals surface area (Å²) >= 11 is 0.974. The highest BCUT2D eigenvalue weighted by atomic mass is 32.1. The van der Waals surface area contributed by atoms with Crippen LogP contribution in [0.15, 0.2) is 36.0 Å². The molecule has 0 aliphatic rings. The van der Waals surface area contributed by atoms with Gasteiger partial charge in [0.15, 0.2) is 5.69 Å². The number of hydrogen-bond acceptors (Lipinski definition) is 8. The fraction of sp³-hybridized carbons (Fsp3) is 0.211. The highest BCUT2D eigenvalue weighted by Gasteiger charge is 2.35. The predicted octanol–water partition coefficient (Wildman–Crippen LogP) is 5.15. The average molecular weight is 438 g/mol. The Bertz CT molecular complexity index is 1070. The van der Waals surface area contributed by atoms with Crippen molar-refractivity contribution in [2.24, 2.45) is 0 Å². The number of carbonyl (C=O) groups is 1. The largest absolute Gasteiger partial charge is 0.495 e. The number of benzene rings is 1. The number of halogens is 3.